The number of allylic oxidation sites excluding steroid dienone is 5. The van der Waals surface area contributed by atoms with Crippen molar-refractivity contribution in [3.05, 3.63) is 36.0 Å². The Kier molecular flexibility index (Phi) is 13.7. The second-order valence-corrected chi connectivity index (χ2v) is 16.6. The Morgan fingerprint density at radius 2 is 1.70 bits per heavy atom. The number of nitrogens with zero attached hydrogens (tertiary/aromatic N) is 1. The lowest BCUT2D eigenvalue weighted by atomic mass is 9.70. The third kappa shape index (κ3) is 8.88. The Bertz CT molecular complexity index is 1350. The molecule has 17 atom stereocenters. The van der Waals surface area contributed by atoms with Crippen LogP contribution >= 0.6 is 0 Å². The number of rotatable bonds is 9. The Balaban J connectivity index is 1.22. The third-order valence-electron chi connectivity index (χ3n) is 13.1. The molecule has 0 radical (unpaired) electrons. The van der Waals surface area contributed by atoms with Crippen LogP contribution in [0.15, 0.2) is 36.0 Å². The Hall–Kier alpha value is -1.96. The molecule has 0 aromatic rings. The quantitative estimate of drug-likeness (QED) is 0.242. The van der Waals surface area contributed by atoms with Gasteiger partial charge >= 0.3 is 5.97 Å². The van der Waals surface area contributed by atoms with E-state index >= 15 is 0 Å². The van der Waals surface area contributed by atoms with E-state index < -0.39 is 30.5 Å². The molecule has 3 heterocycles. The highest BCUT2D eigenvalue weighted by molar-refractivity contribution is 5.99. The Morgan fingerprint density at radius 1 is 0.925 bits per heavy atom. The predicted octanol–water partition coefficient (Wildman–Crippen LogP) is 5.39. The van der Waals surface area contributed by atoms with E-state index in [1.165, 1.54) is 0 Å². The summed E-state index contributed by atoms with van der Waals surface area (Å²) in [5, 5.41) is 11.0. The highest BCUT2D eigenvalue weighted by atomic mass is 16.7. The van der Waals surface area contributed by atoms with Crippen LogP contribution in [0.1, 0.15) is 85.5 Å². The van der Waals surface area contributed by atoms with Crippen LogP contribution in [0.4, 0.5) is 0 Å². The fourth-order valence-electron chi connectivity index (χ4n) is 10.3. The van der Waals surface area contributed by atoms with Crippen LogP contribution in [0.25, 0.3) is 0 Å². The van der Waals surface area contributed by atoms with Gasteiger partial charge in [0, 0.05) is 32.1 Å². The van der Waals surface area contributed by atoms with Gasteiger partial charge in [-0.15, -0.1) is 0 Å². The number of fused-ring (bicyclic) bond motifs is 5. The number of methoxy groups -OCH3 is 2. The molecule has 0 bridgehead atoms. The lowest BCUT2D eigenvalue weighted by Gasteiger charge is -2.42. The first-order chi connectivity index (χ1) is 25.4. The van der Waals surface area contributed by atoms with Crippen molar-refractivity contribution in [2.75, 3.05) is 28.3 Å². The van der Waals surface area contributed by atoms with Crippen molar-refractivity contribution in [1.29, 1.82) is 0 Å². The lowest BCUT2D eigenvalue weighted by Crippen LogP contribution is -2.59. The zero-order valence-electron chi connectivity index (χ0n) is 33.1. The van der Waals surface area contributed by atoms with E-state index in [4.69, 9.17) is 33.2 Å². The average molecular weight is 744 g/mol. The summed E-state index contributed by atoms with van der Waals surface area (Å²) in [4.78, 5) is 30.5. The summed E-state index contributed by atoms with van der Waals surface area (Å²) < 4.78 is 43.1. The number of aliphatic hydroxyl groups is 1. The molecule has 5 unspecified atom stereocenters. The van der Waals surface area contributed by atoms with Crippen molar-refractivity contribution in [3.63, 3.8) is 0 Å². The Morgan fingerprint density at radius 3 is 2.40 bits per heavy atom. The summed E-state index contributed by atoms with van der Waals surface area (Å²) in [6.45, 7) is 8.05. The molecule has 3 aliphatic heterocycles. The third-order valence-corrected chi connectivity index (χ3v) is 13.1. The van der Waals surface area contributed by atoms with Crippen LogP contribution in [0.3, 0.4) is 0 Å². The van der Waals surface area contributed by atoms with E-state index in [2.05, 4.69) is 57.1 Å². The number of hydrogen-bond donors (Lipinski definition) is 1. The fraction of sp³-hybridized carbons (Fsp3) is 0.810. The molecule has 6 rings (SSSR count). The van der Waals surface area contributed by atoms with Gasteiger partial charge in [0.05, 0.1) is 30.8 Å². The lowest BCUT2D eigenvalue weighted by molar-refractivity contribution is -0.311. The second-order valence-electron chi connectivity index (χ2n) is 16.6. The van der Waals surface area contributed by atoms with Crippen molar-refractivity contribution in [3.8, 4) is 0 Å². The van der Waals surface area contributed by atoms with Gasteiger partial charge in [-0.25, -0.2) is 0 Å². The van der Waals surface area contributed by atoms with Gasteiger partial charge in [-0.3, -0.25) is 9.59 Å². The molecule has 3 saturated heterocycles. The molecule has 4 fully saturated rings. The Labute approximate surface area is 316 Å². The number of carbonyl (C=O) groups excluding carboxylic acids is 2. The van der Waals surface area contributed by atoms with Gasteiger partial charge in [-0.1, -0.05) is 38.2 Å². The molecule has 11 nitrogen and oxygen atoms in total. The first-order valence-corrected chi connectivity index (χ1v) is 20.3. The topological polar surface area (TPSA) is 122 Å². The van der Waals surface area contributed by atoms with Crippen molar-refractivity contribution < 1.29 is 47.9 Å². The van der Waals surface area contributed by atoms with Crippen LogP contribution in [0.2, 0.25) is 0 Å². The minimum absolute atomic E-state index is 0.00750. The number of aliphatic hydroxyl groups excluding tert-OH is 1. The molecule has 0 spiro atoms. The van der Waals surface area contributed by atoms with Crippen LogP contribution in [0.5, 0.6) is 0 Å². The van der Waals surface area contributed by atoms with E-state index in [1.54, 1.807) is 14.2 Å². The van der Waals surface area contributed by atoms with Crippen LogP contribution in [-0.2, 0) is 42.7 Å². The summed E-state index contributed by atoms with van der Waals surface area (Å²) in [5.74, 6) is -0.284. The monoisotopic (exact) mass is 743 g/mol. The zero-order valence-corrected chi connectivity index (χ0v) is 33.1. The SMILES string of the molecule is CC/C=C/[C@H]1CCC[C@H](OC2CC[C@H](N(C)C)[C@@H](C)O2)[C@@H](C)C(=O)C2=CC3C4CC(O[C@@H]5O[C@@H](C)[C@H](OC)[C@@H](O)[C@H]5OC)C[C@H]4C=C[C@H]3C2CC(=O)O1. The minimum Gasteiger partial charge on any atom is -0.458 e. The normalized spacial score (nSPS) is 45.2. The van der Waals surface area contributed by atoms with Crippen LogP contribution < -0.4 is 0 Å². The highest BCUT2D eigenvalue weighted by Crippen LogP contribution is 2.54. The molecule has 6 aliphatic rings. The number of hydrogen-bond acceptors (Lipinski definition) is 11. The molecule has 298 valence electrons. The molecule has 0 aromatic heterocycles. The number of ketones is 1. The molecule has 0 aromatic carbocycles. The number of likely N-dealkylation sites (N-methyl/N-ethyl adjacent to an activating group) is 1. The predicted molar refractivity (Wildman–Crippen MR) is 199 cm³/mol. The molecule has 53 heavy (non-hydrogen) atoms. The number of esters is 1. The number of ether oxygens (including phenoxy) is 7. The average Bonchev–Trinajstić information content (AvgIpc) is 3.70. The smallest absolute Gasteiger partial charge is 0.307 e. The molecular formula is C42H65NO10. The van der Waals surface area contributed by atoms with Crippen LogP contribution in [-0.4, -0.2) is 118 Å². The van der Waals surface area contributed by atoms with E-state index in [9.17, 15) is 14.7 Å². The van der Waals surface area contributed by atoms with Crippen molar-refractivity contribution >= 4 is 11.8 Å². The highest BCUT2D eigenvalue weighted by Gasteiger charge is 2.52. The van der Waals surface area contributed by atoms with Gasteiger partial charge in [0.2, 0.25) is 0 Å². The number of Topliss-reactive ketones (excluding diaryl/α,β-unsaturated/α-hetero) is 1. The molecular weight excluding hydrogens is 678 g/mol. The largest absolute Gasteiger partial charge is 0.458 e. The molecule has 11 heteroatoms. The van der Waals surface area contributed by atoms with Crippen molar-refractivity contribution in [2.45, 2.75) is 153 Å². The summed E-state index contributed by atoms with van der Waals surface area (Å²) in [6.07, 6.45) is 12.9. The zero-order chi connectivity index (χ0) is 38.0. The van der Waals surface area contributed by atoms with E-state index in [1.807, 2.05) is 19.9 Å². The standard InChI is InChI=1S/C42H65NO10/c1-9-10-12-27-13-11-14-35(53-37-18-17-34(43(5)6)24(3)49-37)23(2)38(45)33-21-31-29(32(33)22-36(44)51-27)16-15-26-19-28(20-30(26)31)52-42-41(48-8)39(46)40(47-7)25(4)50-42/h10,12,15-16,21,23-32,34-35,37,39-42,46H,9,11,13-14,17-20,22H2,1-8H3/b12-10+/t23-,24-,25+,26-,27+,28?,29-,30?,31?,32?,34+,35+,37?,39-,40+,41-,42+/m1/s1. The minimum atomic E-state index is -0.885. The van der Waals surface area contributed by atoms with E-state index in [0.717, 1.165) is 44.1 Å². The fourth-order valence-corrected chi connectivity index (χ4v) is 10.3. The first-order valence-electron chi connectivity index (χ1n) is 20.3. The summed E-state index contributed by atoms with van der Waals surface area (Å²) >= 11 is 0. The van der Waals surface area contributed by atoms with Gasteiger partial charge in [0.15, 0.2) is 18.4 Å². The maximum atomic E-state index is 14.7. The maximum Gasteiger partial charge on any atom is 0.307 e. The number of carbonyl (C=O) groups is 2. The van der Waals surface area contributed by atoms with Gasteiger partial charge < -0.3 is 43.2 Å². The van der Waals surface area contributed by atoms with Gasteiger partial charge in [0.1, 0.15) is 24.4 Å². The van der Waals surface area contributed by atoms with Gasteiger partial charge in [-0.05, 0) is 115 Å². The number of cyclic esters (lactones) is 1. The van der Waals surface area contributed by atoms with E-state index in [0.29, 0.717) is 18.9 Å². The summed E-state index contributed by atoms with van der Waals surface area (Å²) in [7, 11) is 7.27. The van der Waals surface area contributed by atoms with Crippen molar-refractivity contribution in [2.24, 2.45) is 35.5 Å². The first kappa shape index (κ1) is 40.7. The summed E-state index contributed by atoms with van der Waals surface area (Å²) in [6, 6.07) is 0.325. The van der Waals surface area contributed by atoms with Crippen LogP contribution in [0, 0.1) is 35.5 Å². The van der Waals surface area contributed by atoms with Crippen molar-refractivity contribution in [1.82, 2.24) is 4.90 Å². The molecule has 3 aliphatic carbocycles. The van der Waals surface area contributed by atoms with Gasteiger partial charge in [0.25, 0.3) is 0 Å². The molecule has 1 saturated carbocycles. The molecule has 0 amide bonds. The second kappa shape index (κ2) is 17.9. The maximum absolute atomic E-state index is 14.7. The van der Waals surface area contributed by atoms with Gasteiger partial charge in [-0.2, -0.15) is 0 Å². The van der Waals surface area contributed by atoms with E-state index in [-0.39, 0.29) is 84.6 Å². The molecule has 1 N–H and O–H groups in total. The summed E-state index contributed by atoms with van der Waals surface area (Å²) in [5.41, 5.74) is 0.733.